The minimum absolute atomic E-state index is 0.111. The Morgan fingerprint density at radius 3 is 2.89 bits per heavy atom. The third kappa shape index (κ3) is 4.22. The first-order valence-electron chi connectivity index (χ1n) is 12.1. The quantitative estimate of drug-likeness (QED) is 0.415. The van der Waals surface area contributed by atoms with Crippen LogP contribution < -0.4 is 24.8 Å². The van der Waals surface area contributed by atoms with Crippen LogP contribution in [0, 0.1) is 0 Å². The molecule has 1 saturated heterocycles. The van der Waals surface area contributed by atoms with Crippen LogP contribution in [0.1, 0.15) is 18.5 Å². The average molecular weight is 486 g/mol. The number of amides is 1. The van der Waals surface area contributed by atoms with Crippen LogP contribution in [0.3, 0.4) is 0 Å². The van der Waals surface area contributed by atoms with Crippen LogP contribution in [0.4, 0.5) is 0 Å². The third-order valence-corrected chi connectivity index (χ3v) is 6.59. The Morgan fingerprint density at radius 2 is 2.06 bits per heavy atom. The van der Waals surface area contributed by atoms with Gasteiger partial charge in [0, 0.05) is 37.1 Å². The number of hydrogen-bond donors (Lipinski definition) is 2. The van der Waals surface area contributed by atoms with Gasteiger partial charge in [-0.05, 0) is 41.8 Å². The molecular weight excluding hydrogens is 458 g/mol. The van der Waals surface area contributed by atoms with Crippen molar-refractivity contribution in [1.29, 1.82) is 0 Å². The van der Waals surface area contributed by atoms with Crippen molar-refractivity contribution in [2.75, 3.05) is 26.9 Å². The maximum Gasteiger partial charge on any atom is 0.238 e. The number of ether oxygens (including phenoxy) is 3. The number of benzene rings is 2. The Hall–Kier alpha value is -4.11. The summed E-state index contributed by atoms with van der Waals surface area (Å²) in [4.78, 5) is 20.8. The number of hydrogen-bond acceptors (Lipinski definition) is 7. The maximum absolute atomic E-state index is 11.4. The smallest absolute Gasteiger partial charge is 0.238 e. The second kappa shape index (κ2) is 9.50. The van der Waals surface area contributed by atoms with Gasteiger partial charge < -0.3 is 24.8 Å². The lowest BCUT2D eigenvalue weighted by molar-refractivity contribution is -0.119. The van der Waals surface area contributed by atoms with E-state index in [9.17, 15) is 4.79 Å². The number of nitrogens with one attached hydrogen (secondary N) is 2. The van der Waals surface area contributed by atoms with Crippen LogP contribution in [-0.4, -0.2) is 53.4 Å². The highest BCUT2D eigenvalue weighted by Crippen LogP contribution is 2.37. The molecule has 1 atom stereocenters. The van der Waals surface area contributed by atoms with E-state index in [1.165, 1.54) is 0 Å². The van der Waals surface area contributed by atoms with Gasteiger partial charge in [0.05, 0.1) is 18.8 Å². The Bertz CT molecular complexity index is 1430. The first kappa shape index (κ1) is 22.4. The molecule has 1 fully saturated rings. The van der Waals surface area contributed by atoms with Crippen molar-refractivity contribution in [3.63, 3.8) is 0 Å². The molecule has 1 amide bonds. The summed E-state index contributed by atoms with van der Waals surface area (Å²) >= 11 is 0. The number of carbonyl (C=O) groups is 1. The molecule has 0 unspecified atom stereocenters. The van der Waals surface area contributed by atoms with E-state index >= 15 is 0 Å². The Labute approximate surface area is 208 Å². The summed E-state index contributed by atoms with van der Waals surface area (Å²) in [6.45, 7) is 2.32. The molecule has 36 heavy (non-hydrogen) atoms. The largest absolute Gasteiger partial charge is 0.486 e. The zero-order valence-corrected chi connectivity index (χ0v) is 20.0. The molecule has 2 aliphatic heterocycles. The lowest BCUT2D eigenvalue weighted by Gasteiger charge is -2.19. The summed E-state index contributed by atoms with van der Waals surface area (Å²) in [6.07, 6.45) is 5.19. The van der Waals surface area contributed by atoms with Crippen molar-refractivity contribution < 1.29 is 19.0 Å². The van der Waals surface area contributed by atoms with Crippen LogP contribution in [0.2, 0.25) is 0 Å². The lowest BCUT2D eigenvalue weighted by Crippen LogP contribution is -2.35. The van der Waals surface area contributed by atoms with Crippen LogP contribution >= 0.6 is 0 Å². The second-order valence-corrected chi connectivity index (χ2v) is 8.90. The van der Waals surface area contributed by atoms with Gasteiger partial charge in [0.2, 0.25) is 11.8 Å². The molecule has 0 bridgehead atoms. The molecule has 0 saturated carbocycles. The number of rotatable bonds is 7. The van der Waals surface area contributed by atoms with Crippen molar-refractivity contribution in [2.45, 2.75) is 25.4 Å². The molecule has 184 valence electrons. The predicted octanol–water partition coefficient (Wildman–Crippen LogP) is 3.24. The molecule has 4 aromatic rings. The fourth-order valence-corrected chi connectivity index (χ4v) is 4.81. The van der Waals surface area contributed by atoms with Crippen molar-refractivity contribution in [3.8, 4) is 34.3 Å². The number of nitrogens with zero attached hydrogens (tertiary/aromatic N) is 3. The summed E-state index contributed by atoms with van der Waals surface area (Å²) in [5.41, 5.74) is 3.90. The number of methoxy groups -OCH3 is 1. The number of fused-ring (bicyclic) bond motifs is 2. The van der Waals surface area contributed by atoms with Crippen LogP contribution in [0.15, 0.2) is 54.9 Å². The average Bonchev–Trinajstić information content (AvgIpc) is 3.54. The van der Waals surface area contributed by atoms with E-state index in [1.54, 1.807) is 13.3 Å². The maximum atomic E-state index is 11.4. The van der Waals surface area contributed by atoms with E-state index in [2.05, 4.69) is 39.9 Å². The highest BCUT2D eigenvalue weighted by molar-refractivity contribution is 5.96. The highest BCUT2D eigenvalue weighted by Gasteiger charge is 2.20. The van der Waals surface area contributed by atoms with E-state index in [0.29, 0.717) is 44.4 Å². The lowest BCUT2D eigenvalue weighted by atomic mass is 10.0. The van der Waals surface area contributed by atoms with Gasteiger partial charge in [-0.3, -0.25) is 14.3 Å². The van der Waals surface area contributed by atoms with Gasteiger partial charge >= 0.3 is 0 Å². The van der Waals surface area contributed by atoms with E-state index in [4.69, 9.17) is 19.2 Å². The Kier molecular flexibility index (Phi) is 5.90. The molecule has 6 rings (SSSR count). The monoisotopic (exact) mass is 485 g/mol. The van der Waals surface area contributed by atoms with E-state index < -0.39 is 0 Å². The minimum Gasteiger partial charge on any atom is -0.486 e. The molecule has 4 heterocycles. The van der Waals surface area contributed by atoms with Crippen molar-refractivity contribution in [3.05, 3.63) is 60.6 Å². The molecule has 0 aliphatic carbocycles. The minimum atomic E-state index is 0.111. The summed E-state index contributed by atoms with van der Waals surface area (Å²) in [5.74, 6) is 2.80. The summed E-state index contributed by atoms with van der Waals surface area (Å²) < 4.78 is 19.0. The second-order valence-electron chi connectivity index (χ2n) is 8.90. The van der Waals surface area contributed by atoms with Gasteiger partial charge in [0.15, 0.2) is 17.3 Å². The van der Waals surface area contributed by atoms with Gasteiger partial charge in [0.1, 0.15) is 18.9 Å². The van der Waals surface area contributed by atoms with Gasteiger partial charge in [-0.1, -0.05) is 18.2 Å². The molecule has 0 radical (unpaired) electrons. The van der Waals surface area contributed by atoms with Gasteiger partial charge in [-0.2, -0.15) is 4.98 Å². The molecule has 0 spiro atoms. The van der Waals surface area contributed by atoms with Crippen molar-refractivity contribution >= 4 is 16.8 Å². The molecule has 9 nitrogen and oxygen atoms in total. The molecular formula is C27H27N5O4. The fourth-order valence-electron chi connectivity index (χ4n) is 4.81. The standard InChI is InChI=1S/C27H27N5O4/c1-34-27-21(15-28-14-18-6-8-26(33)30-18)29-16-25(31-27)32-10-9-20-19(3-2-4-22(20)32)17-5-7-23-24(13-17)36-12-11-35-23/h2-5,7,9-10,13,16,18,28H,6,8,11-12,14-15H2,1H3,(H,30,33)/t18-/m0/s1. The zero-order chi connectivity index (χ0) is 24.5. The Balaban J connectivity index is 1.26. The van der Waals surface area contributed by atoms with Crippen molar-refractivity contribution in [2.24, 2.45) is 0 Å². The molecule has 9 heteroatoms. The Morgan fingerprint density at radius 1 is 1.17 bits per heavy atom. The first-order chi connectivity index (χ1) is 17.7. The van der Waals surface area contributed by atoms with E-state index in [1.807, 2.05) is 29.0 Å². The summed E-state index contributed by atoms with van der Waals surface area (Å²) in [5, 5.41) is 7.40. The SMILES string of the molecule is COc1nc(-n2ccc3c(-c4ccc5c(c4)OCCO5)cccc32)cnc1CNC[C@@H]1CCC(=O)N1. The highest BCUT2D eigenvalue weighted by atomic mass is 16.6. The molecule has 2 aromatic heterocycles. The van der Waals surface area contributed by atoms with Gasteiger partial charge in [0.25, 0.3) is 0 Å². The summed E-state index contributed by atoms with van der Waals surface area (Å²) in [6, 6.07) is 14.5. The summed E-state index contributed by atoms with van der Waals surface area (Å²) in [7, 11) is 1.60. The molecule has 2 N–H and O–H groups in total. The predicted molar refractivity (Wildman–Crippen MR) is 135 cm³/mol. The normalized spacial score (nSPS) is 16.8. The van der Waals surface area contributed by atoms with Gasteiger partial charge in [-0.15, -0.1) is 0 Å². The number of carbonyl (C=O) groups excluding carboxylic acids is 1. The van der Waals surface area contributed by atoms with Crippen LogP contribution in [0.25, 0.3) is 27.8 Å². The topological polar surface area (TPSA) is 99.5 Å². The van der Waals surface area contributed by atoms with E-state index in [-0.39, 0.29) is 11.9 Å². The zero-order valence-electron chi connectivity index (χ0n) is 20.0. The van der Waals surface area contributed by atoms with Crippen LogP contribution in [0.5, 0.6) is 17.4 Å². The van der Waals surface area contributed by atoms with Gasteiger partial charge in [-0.25, -0.2) is 0 Å². The molecule has 2 aliphatic rings. The third-order valence-electron chi connectivity index (χ3n) is 6.59. The molecule has 2 aromatic carbocycles. The van der Waals surface area contributed by atoms with E-state index in [0.717, 1.165) is 45.6 Å². The van der Waals surface area contributed by atoms with Crippen LogP contribution in [-0.2, 0) is 11.3 Å². The van der Waals surface area contributed by atoms with Crippen molar-refractivity contribution in [1.82, 2.24) is 25.2 Å². The number of aromatic nitrogens is 3. The first-order valence-corrected chi connectivity index (χ1v) is 12.1. The fraction of sp³-hybridized carbons (Fsp3) is 0.296.